The first-order valence-electron chi connectivity index (χ1n) is 5.46. The molecule has 0 spiro atoms. The summed E-state index contributed by atoms with van der Waals surface area (Å²) in [6, 6.07) is 0. The van der Waals surface area contributed by atoms with E-state index in [1.807, 2.05) is 0 Å². The predicted molar refractivity (Wildman–Crippen MR) is 59.3 cm³/mol. The van der Waals surface area contributed by atoms with Crippen LogP contribution in [0.1, 0.15) is 34.1 Å². The molecule has 0 bridgehead atoms. The molecule has 2 unspecified atom stereocenters. The molecule has 3 heteroatoms. The van der Waals surface area contributed by atoms with Gasteiger partial charge in [0.05, 0.1) is 6.10 Å². The number of rotatable bonds is 4. The van der Waals surface area contributed by atoms with Gasteiger partial charge < -0.3 is 15.8 Å². The van der Waals surface area contributed by atoms with Crippen LogP contribution in [0.15, 0.2) is 0 Å². The molecule has 0 saturated carbocycles. The molecule has 1 heterocycles. The molecule has 0 aromatic carbocycles. The van der Waals surface area contributed by atoms with Gasteiger partial charge in [-0.05, 0) is 32.2 Å². The van der Waals surface area contributed by atoms with Crippen LogP contribution in [0, 0.1) is 5.41 Å². The topological polar surface area (TPSA) is 47.3 Å². The van der Waals surface area contributed by atoms with Crippen LogP contribution in [0.3, 0.4) is 0 Å². The lowest BCUT2D eigenvalue weighted by Crippen LogP contribution is -2.51. The highest BCUT2D eigenvalue weighted by molar-refractivity contribution is 4.94. The Morgan fingerprint density at radius 2 is 2.21 bits per heavy atom. The molecular formula is C11H24N2O. The summed E-state index contributed by atoms with van der Waals surface area (Å²) in [6.45, 7) is 11.3. The van der Waals surface area contributed by atoms with Gasteiger partial charge in [-0.15, -0.1) is 0 Å². The molecule has 0 aromatic rings. The van der Waals surface area contributed by atoms with Crippen LogP contribution in [0.25, 0.3) is 0 Å². The molecule has 1 saturated heterocycles. The number of nitrogens with two attached hydrogens (primary N) is 1. The van der Waals surface area contributed by atoms with E-state index >= 15 is 0 Å². The minimum Gasteiger partial charge on any atom is -0.377 e. The Kier molecular flexibility index (Phi) is 3.56. The molecule has 1 aliphatic rings. The van der Waals surface area contributed by atoms with E-state index in [0.29, 0.717) is 12.6 Å². The minimum atomic E-state index is 0.131. The first-order chi connectivity index (χ1) is 6.40. The molecule has 14 heavy (non-hydrogen) atoms. The van der Waals surface area contributed by atoms with Crippen LogP contribution in [-0.4, -0.2) is 31.3 Å². The second-order valence-electron chi connectivity index (χ2n) is 5.40. The maximum absolute atomic E-state index is 5.70. The zero-order chi connectivity index (χ0) is 10.8. The molecule has 1 rings (SSSR count). The Balaban J connectivity index is 2.44. The normalized spacial score (nSPS) is 33.6. The third-order valence-corrected chi connectivity index (χ3v) is 3.41. The summed E-state index contributed by atoms with van der Waals surface area (Å²) < 4.78 is 5.57. The summed E-state index contributed by atoms with van der Waals surface area (Å²) in [6.07, 6.45) is 1.39. The van der Waals surface area contributed by atoms with Crippen LogP contribution < -0.4 is 11.1 Å². The number of hydrogen-bond donors (Lipinski definition) is 2. The molecule has 0 aliphatic carbocycles. The Hall–Kier alpha value is -0.120. The van der Waals surface area contributed by atoms with Crippen LogP contribution >= 0.6 is 0 Å². The Morgan fingerprint density at radius 3 is 2.64 bits per heavy atom. The molecule has 2 atom stereocenters. The summed E-state index contributed by atoms with van der Waals surface area (Å²) in [7, 11) is 0. The lowest BCUT2D eigenvalue weighted by molar-refractivity contribution is 0.0848. The predicted octanol–water partition coefficient (Wildman–Crippen LogP) is 1.13. The van der Waals surface area contributed by atoms with Crippen LogP contribution in [0.4, 0.5) is 0 Å². The average Bonchev–Trinajstić information content (AvgIpc) is 2.45. The quantitative estimate of drug-likeness (QED) is 0.715. The fourth-order valence-electron chi connectivity index (χ4n) is 1.58. The molecule has 0 amide bonds. The second kappa shape index (κ2) is 4.17. The largest absolute Gasteiger partial charge is 0.377 e. The molecule has 3 nitrogen and oxygen atoms in total. The van der Waals surface area contributed by atoms with Crippen LogP contribution in [0.5, 0.6) is 0 Å². The molecule has 1 fully saturated rings. The van der Waals surface area contributed by atoms with E-state index < -0.39 is 0 Å². The van der Waals surface area contributed by atoms with E-state index in [-0.39, 0.29) is 11.0 Å². The summed E-state index contributed by atoms with van der Waals surface area (Å²) >= 11 is 0. The van der Waals surface area contributed by atoms with E-state index in [0.717, 1.165) is 19.6 Å². The Bertz CT molecular complexity index is 194. The molecule has 0 radical (unpaired) electrons. The molecular weight excluding hydrogens is 176 g/mol. The van der Waals surface area contributed by atoms with E-state index in [2.05, 4.69) is 33.0 Å². The first-order valence-corrected chi connectivity index (χ1v) is 5.46. The van der Waals surface area contributed by atoms with E-state index in [9.17, 15) is 0 Å². The van der Waals surface area contributed by atoms with Crippen molar-refractivity contribution < 1.29 is 4.74 Å². The van der Waals surface area contributed by atoms with Gasteiger partial charge in [0, 0.05) is 18.7 Å². The highest BCUT2D eigenvalue weighted by Crippen LogP contribution is 2.26. The SMILES string of the molecule is CC1OCCC1(C)NCC(C)(C)CN. The number of ether oxygens (including phenoxy) is 1. The van der Waals surface area contributed by atoms with Crippen LogP contribution in [0.2, 0.25) is 0 Å². The maximum atomic E-state index is 5.70. The molecule has 84 valence electrons. The minimum absolute atomic E-state index is 0.131. The Morgan fingerprint density at radius 1 is 1.57 bits per heavy atom. The summed E-state index contributed by atoms with van der Waals surface area (Å²) in [4.78, 5) is 0. The third kappa shape index (κ3) is 2.69. The highest BCUT2D eigenvalue weighted by atomic mass is 16.5. The van der Waals surface area contributed by atoms with Gasteiger partial charge in [-0.2, -0.15) is 0 Å². The standard InChI is InChI=1S/C11H24N2O/c1-9-11(4,5-6-14-9)13-8-10(2,3)7-12/h9,13H,5-8,12H2,1-4H3. The van der Waals surface area contributed by atoms with E-state index in [1.54, 1.807) is 0 Å². The second-order valence-corrected chi connectivity index (χ2v) is 5.40. The molecule has 0 aromatic heterocycles. The fourth-order valence-corrected chi connectivity index (χ4v) is 1.58. The van der Waals surface area contributed by atoms with Crippen molar-refractivity contribution in [3.63, 3.8) is 0 Å². The smallest absolute Gasteiger partial charge is 0.0726 e. The summed E-state index contributed by atoms with van der Waals surface area (Å²) in [5.74, 6) is 0. The number of hydrogen-bond acceptors (Lipinski definition) is 3. The van der Waals surface area contributed by atoms with Gasteiger partial charge in [-0.3, -0.25) is 0 Å². The highest BCUT2D eigenvalue weighted by Gasteiger charge is 2.37. The summed E-state index contributed by atoms with van der Waals surface area (Å²) in [5, 5.41) is 3.59. The fraction of sp³-hybridized carbons (Fsp3) is 1.00. The van der Waals surface area contributed by atoms with Gasteiger partial charge in [0.25, 0.3) is 0 Å². The monoisotopic (exact) mass is 200 g/mol. The van der Waals surface area contributed by atoms with Crippen molar-refractivity contribution in [2.75, 3.05) is 19.7 Å². The molecule has 1 aliphatic heterocycles. The summed E-state index contributed by atoms with van der Waals surface area (Å²) in [5.41, 5.74) is 6.00. The molecule has 3 N–H and O–H groups in total. The first kappa shape index (κ1) is 12.0. The zero-order valence-corrected chi connectivity index (χ0v) is 9.89. The van der Waals surface area contributed by atoms with Crippen molar-refractivity contribution in [3.8, 4) is 0 Å². The van der Waals surface area contributed by atoms with Gasteiger partial charge in [0.15, 0.2) is 0 Å². The van der Waals surface area contributed by atoms with Gasteiger partial charge >= 0.3 is 0 Å². The van der Waals surface area contributed by atoms with Gasteiger partial charge in [-0.25, -0.2) is 0 Å². The van der Waals surface area contributed by atoms with Crippen molar-refractivity contribution in [3.05, 3.63) is 0 Å². The van der Waals surface area contributed by atoms with Gasteiger partial charge in [-0.1, -0.05) is 13.8 Å². The lowest BCUT2D eigenvalue weighted by Gasteiger charge is -2.33. The van der Waals surface area contributed by atoms with Crippen LogP contribution in [-0.2, 0) is 4.74 Å². The van der Waals surface area contributed by atoms with Crippen molar-refractivity contribution in [1.29, 1.82) is 0 Å². The van der Waals surface area contributed by atoms with Crippen molar-refractivity contribution in [1.82, 2.24) is 5.32 Å². The average molecular weight is 200 g/mol. The van der Waals surface area contributed by atoms with Crippen molar-refractivity contribution in [2.45, 2.75) is 45.8 Å². The van der Waals surface area contributed by atoms with E-state index in [4.69, 9.17) is 10.5 Å². The van der Waals surface area contributed by atoms with E-state index in [1.165, 1.54) is 0 Å². The Labute approximate surface area is 87.4 Å². The van der Waals surface area contributed by atoms with Gasteiger partial charge in [0.2, 0.25) is 0 Å². The number of nitrogens with one attached hydrogen (secondary N) is 1. The van der Waals surface area contributed by atoms with Crippen molar-refractivity contribution in [2.24, 2.45) is 11.1 Å². The lowest BCUT2D eigenvalue weighted by atomic mass is 9.89. The van der Waals surface area contributed by atoms with Crippen molar-refractivity contribution >= 4 is 0 Å². The maximum Gasteiger partial charge on any atom is 0.0726 e. The zero-order valence-electron chi connectivity index (χ0n) is 9.89. The van der Waals surface area contributed by atoms with Gasteiger partial charge in [0.1, 0.15) is 0 Å². The third-order valence-electron chi connectivity index (χ3n) is 3.41.